The third-order valence-corrected chi connectivity index (χ3v) is 1.10. The highest BCUT2D eigenvalue weighted by molar-refractivity contribution is 6.50. The average Bonchev–Trinajstić information content (AvgIpc) is 1.68. The quantitative estimate of drug-likeness (QED) is 0.490. The van der Waals surface area contributed by atoms with Crippen LogP contribution >= 0.6 is 0 Å². The molecule has 7 heavy (non-hydrogen) atoms. The highest BCUT2D eigenvalue weighted by atomic mass is 16.4. The fraction of sp³-hybridized carbons (Fsp3) is 1.00. The summed E-state index contributed by atoms with van der Waals surface area (Å²) in [5.41, 5.74) is 0. The molecule has 0 unspecified atom stereocenters. The van der Waals surface area contributed by atoms with Crippen LogP contribution in [0.15, 0.2) is 0 Å². The molecule has 0 amide bonds. The van der Waals surface area contributed by atoms with Crippen molar-refractivity contribution in [2.75, 3.05) is 7.11 Å². The molecule has 0 fully saturated rings. The van der Waals surface area contributed by atoms with Gasteiger partial charge in [0.2, 0.25) is 0 Å². The lowest BCUT2D eigenvalue weighted by Gasteiger charge is -1.99. The van der Waals surface area contributed by atoms with Crippen LogP contribution in [0.4, 0.5) is 0 Å². The Labute approximate surface area is 46.2 Å². The van der Waals surface area contributed by atoms with Crippen molar-refractivity contribution in [2.45, 2.75) is 26.5 Å². The van der Waals surface area contributed by atoms with Crippen LogP contribution in [-0.4, -0.2) is 14.0 Å². The Bertz CT molecular complexity index is 39.1. The zero-order valence-electron chi connectivity index (χ0n) is 5.40. The van der Waals surface area contributed by atoms with E-state index in [2.05, 4.69) is 13.7 Å². The molecule has 0 aliphatic heterocycles. The fourth-order valence-corrected chi connectivity index (χ4v) is 0.524. The third kappa shape index (κ3) is 3.87. The molecule has 42 valence electrons. The molecule has 0 aliphatic rings. The van der Waals surface area contributed by atoms with Crippen LogP contribution in [0, 0.1) is 0 Å². The van der Waals surface area contributed by atoms with Crippen LogP contribution < -0.4 is 0 Å². The second-order valence-electron chi connectivity index (χ2n) is 1.83. The first-order valence-electron chi connectivity index (χ1n) is 2.84. The Balaban J connectivity index is 2.83. The molecule has 0 saturated carbocycles. The van der Waals surface area contributed by atoms with Crippen LogP contribution in [0.3, 0.4) is 0 Å². The molecule has 0 bridgehead atoms. The van der Waals surface area contributed by atoms with Crippen molar-refractivity contribution in [3.05, 3.63) is 0 Å². The Morgan fingerprint density at radius 3 is 2.29 bits per heavy atom. The van der Waals surface area contributed by atoms with Gasteiger partial charge in [0.1, 0.15) is 0 Å². The van der Waals surface area contributed by atoms with E-state index in [1.165, 1.54) is 12.7 Å². The Morgan fingerprint density at radius 2 is 2.14 bits per heavy atom. The smallest absolute Gasteiger partial charge is 0.289 e. The molecule has 0 aromatic heterocycles. The van der Waals surface area contributed by atoms with Gasteiger partial charge < -0.3 is 4.65 Å². The topological polar surface area (TPSA) is 9.23 Å². The van der Waals surface area contributed by atoms with Crippen molar-refractivity contribution < 1.29 is 4.65 Å². The fourth-order valence-electron chi connectivity index (χ4n) is 0.524. The van der Waals surface area contributed by atoms with Crippen LogP contribution in [0.2, 0.25) is 13.1 Å². The van der Waals surface area contributed by atoms with E-state index >= 15 is 0 Å². The van der Waals surface area contributed by atoms with E-state index in [0.717, 1.165) is 0 Å². The molecule has 0 rings (SSSR count). The minimum Gasteiger partial charge on any atom is -0.439 e. The van der Waals surface area contributed by atoms with Crippen LogP contribution in [0.5, 0.6) is 0 Å². The lowest BCUT2D eigenvalue weighted by atomic mass is 9.67. The van der Waals surface area contributed by atoms with Gasteiger partial charge in [0, 0.05) is 7.11 Å². The highest BCUT2D eigenvalue weighted by Crippen LogP contribution is 1.94. The Morgan fingerprint density at radius 1 is 1.57 bits per heavy atom. The van der Waals surface area contributed by atoms with Crippen LogP contribution in [0.1, 0.15) is 13.3 Å². The zero-order valence-corrected chi connectivity index (χ0v) is 5.40. The predicted octanol–water partition coefficient (Wildman–Crippen LogP) is 1.66. The SMILES string of the molecule is CCCB(C)OC. The van der Waals surface area contributed by atoms with Gasteiger partial charge in [-0.3, -0.25) is 0 Å². The van der Waals surface area contributed by atoms with Crippen molar-refractivity contribution in [3.8, 4) is 0 Å². The molecule has 0 radical (unpaired) electrons. The second kappa shape index (κ2) is 4.19. The largest absolute Gasteiger partial charge is 0.439 e. The zero-order chi connectivity index (χ0) is 5.70. The van der Waals surface area contributed by atoms with E-state index in [1.807, 2.05) is 0 Å². The minimum absolute atomic E-state index is 0.449. The Kier molecular flexibility index (Phi) is 4.21. The maximum atomic E-state index is 4.99. The summed E-state index contributed by atoms with van der Waals surface area (Å²) in [6.07, 6.45) is 2.39. The van der Waals surface area contributed by atoms with E-state index in [-0.39, 0.29) is 0 Å². The van der Waals surface area contributed by atoms with Gasteiger partial charge >= 0.3 is 0 Å². The van der Waals surface area contributed by atoms with Crippen LogP contribution in [0.25, 0.3) is 0 Å². The standard InChI is InChI=1S/C5H13BO/c1-4-5-6(2)7-3/h4-5H2,1-3H3. The lowest BCUT2D eigenvalue weighted by Crippen LogP contribution is -2.07. The molecule has 0 atom stereocenters. The number of rotatable bonds is 3. The summed E-state index contributed by atoms with van der Waals surface area (Å²) in [6.45, 7) is 4.70. The van der Waals surface area contributed by atoms with Crippen molar-refractivity contribution in [2.24, 2.45) is 0 Å². The number of hydrogen-bond donors (Lipinski definition) is 0. The first-order valence-corrected chi connectivity index (χ1v) is 2.84. The lowest BCUT2D eigenvalue weighted by molar-refractivity contribution is 0.423. The average molecular weight is 100.0 g/mol. The van der Waals surface area contributed by atoms with Gasteiger partial charge in [-0.2, -0.15) is 0 Å². The van der Waals surface area contributed by atoms with Crippen LogP contribution in [-0.2, 0) is 4.65 Å². The summed E-state index contributed by atoms with van der Waals surface area (Å²) in [5.74, 6) is 0. The Hall–Kier alpha value is 0.0249. The van der Waals surface area contributed by atoms with Crippen molar-refractivity contribution >= 4 is 6.92 Å². The van der Waals surface area contributed by atoms with Gasteiger partial charge in [-0.1, -0.05) is 20.2 Å². The van der Waals surface area contributed by atoms with Gasteiger partial charge in [0.05, 0.1) is 0 Å². The minimum atomic E-state index is 0.449. The highest BCUT2D eigenvalue weighted by Gasteiger charge is 2.00. The molecule has 2 heteroatoms. The number of hydrogen-bond acceptors (Lipinski definition) is 1. The summed E-state index contributed by atoms with van der Waals surface area (Å²) in [4.78, 5) is 0. The first-order chi connectivity index (χ1) is 3.31. The molecule has 0 saturated heterocycles. The van der Waals surface area contributed by atoms with E-state index in [0.29, 0.717) is 6.92 Å². The molecule has 0 aromatic rings. The second-order valence-corrected chi connectivity index (χ2v) is 1.83. The summed E-state index contributed by atoms with van der Waals surface area (Å²) in [6, 6.07) is 0. The maximum Gasteiger partial charge on any atom is 0.289 e. The summed E-state index contributed by atoms with van der Waals surface area (Å²) >= 11 is 0. The van der Waals surface area contributed by atoms with Crippen molar-refractivity contribution in [3.63, 3.8) is 0 Å². The van der Waals surface area contributed by atoms with Gasteiger partial charge in [-0.15, -0.1) is 0 Å². The van der Waals surface area contributed by atoms with Gasteiger partial charge in [0.25, 0.3) is 6.92 Å². The van der Waals surface area contributed by atoms with E-state index in [1.54, 1.807) is 7.11 Å². The maximum absolute atomic E-state index is 4.99. The molecule has 1 nitrogen and oxygen atoms in total. The molecular weight excluding hydrogens is 86.9 g/mol. The predicted molar refractivity (Wildman–Crippen MR) is 33.7 cm³/mol. The van der Waals surface area contributed by atoms with E-state index in [4.69, 9.17) is 4.65 Å². The van der Waals surface area contributed by atoms with Gasteiger partial charge in [-0.25, -0.2) is 0 Å². The van der Waals surface area contributed by atoms with E-state index in [9.17, 15) is 0 Å². The van der Waals surface area contributed by atoms with Crippen molar-refractivity contribution in [1.29, 1.82) is 0 Å². The van der Waals surface area contributed by atoms with Crippen molar-refractivity contribution in [1.82, 2.24) is 0 Å². The molecular formula is C5H13BO. The summed E-state index contributed by atoms with van der Waals surface area (Å²) < 4.78 is 4.99. The molecule has 0 spiro atoms. The monoisotopic (exact) mass is 100 g/mol. The normalized spacial score (nSPS) is 9.00. The molecule has 0 aliphatic carbocycles. The van der Waals surface area contributed by atoms with E-state index < -0.39 is 0 Å². The molecule has 0 N–H and O–H groups in total. The summed E-state index contributed by atoms with van der Waals surface area (Å²) in [7, 11) is 1.75. The molecule has 0 heterocycles. The van der Waals surface area contributed by atoms with Gasteiger partial charge in [-0.05, 0) is 6.32 Å². The molecule has 0 aromatic carbocycles. The summed E-state index contributed by atoms with van der Waals surface area (Å²) in [5, 5.41) is 0. The van der Waals surface area contributed by atoms with Gasteiger partial charge in [0.15, 0.2) is 0 Å². The first kappa shape index (κ1) is 7.02. The third-order valence-electron chi connectivity index (χ3n) is 1.10.